The number of ketones is 1. The van der Waals surface area contributed by atoms with Crippen LogP contribution in [0.1, 0.15) is 25.3 Å². The Morgan fingerprint density at radius 3 is 3.06 bits per heavy atom. The summed E-state index contributed by atoms with van der Waals surface area (Å²) in [5.74, 6) is 0.777. The second-order valence-electron chi connectivity index (χ2n) is 3.63. The van der Waals surface area contributed by atoms with E-state index in [0.29, 0.717) is 13.0 Å². The normalized spacial score (nSPS) is 10.1. The lowest BCUT2D eigenvalue weighted by atomic mass is 10.2. The number of carbonyl (C=O) groups is 1. The van der Waals surface area contributed by atoms with Crippen LogP contribution in [-0.4, -0.2) is 12.4 Å². The fraction of sp³-hybridized carbons (Fsp3) is 0.286. The molecule has 0 unspecified atom stereocenters. The molecule has 0 radical (unpaired) electrons. The third-order valence-corrected chi connectivity index (χ3v) is 2.07. The number of nitriles is 1. The van der Waals surface area contributed by atoms with Gasteiger partial charge in [-0.15, -0.1) is 0 Å². The van der Waals surface area contributed by atoms with Crippen LogP contribution in [0.3, 0.4) is 0 Å². The summed E-state index contributed by atoms with van der Waals surface area (Å²) in [5, 5.41) is 8.38. The molecule has 17 heavy (non-hydrogen) atoms. The van der Waals surface area contributed by atoms with Gasteiger partial charge in [0.15, 0.2) is 5.78 Å². The van der Waals surface area contributed by atoms with Crippen LogP contribution in [-0.2, 0) is 4.79 Å². The topological polar surface area (TPSA) is 50.1 Å². The SMILES string of the molecule is CC(=O)/C=C\c1cccc(OCCCC#N)c1. The van der Waals surface area contributed by atoms with Crippen molar-refractivity contribution < 1.29 is 9.53 Å². The Hall–Kier alpha value is -2.08. The van der Waals surface area contributed by atoms with Gasteiger partial charge in [0.1, 0.15) is 5.75 Å². The quantitative estimate of drug-likeness (QED) is 0.556. The van der Waals surface area contributed by atoms with Crippen molar-refractivity contribution in [1.82, 2.24) is 0 Å². The third-order valence-electron chi connectivity index (χ3n) is 2.07. The molecule has 0 saturated heterocycles. The molecule has 0 heterocycles. The summed E-state index contributed by atoms with van der Waals surface area (Å²) >= 11 is 0. The highest BCUT2D eigenvalue weighted by atomic mass is 16.5. The maximum Gasteiger partial charge on any atom is 0.152 e. The zero-order chi connectivity index (χ0) is 12.5. The summed E-state index contributed by atoms with van der Waals surface area (Å²) in [5.41, 5.74) is 0.929. The van der Waals surface area contributed by atoms with Crippen molar-refractivity contribution in [3.63, 3.8) is 0 Å². The molecule has 0 N–H and O–H groups in total. The van der Waals surface area contributed by atoms with E-state index < -0.39 is 0 Å². The molecule has 0 saturated carbocycles. The molecule has 0 aromatic heterocycles. The minimum Gasteiger partial charge on any atom is -0.494 e. The molecule has 88 valence electrons. The molecule has 1 aromatic carbocycles. The molecule has 0 atom stereocenters. The Labute approximate surface area is 101 Å². The minimum atomic E-state index is 0.0188. The van der Waals surface area contributed by atoms with Gasteiger partial charge in [0.25, 0.3) is 0 Å². The van der Waals surface area contributed by atoms with E-state index in [1.165, 1.54) is 13.0 Å². The number of hydrogen-bond acceptors (Lipinski definition) is 3. The van der Waals surface area contributed by atoms with Crippen molar-refractivity contribution in [2.24, 2.45) is 0 Å². The number of rotatable bonds is 6. The number of unbranched alkanes of at least 4 members (excludes halogenated alkanes) is 1. The van der Waals surface area contributed by atoms with E-state index in [9.17, 15) is 4.79 Å². The molecule has 0 fully saturated rings. The van der Waals surface area contributed by atoms with Crippen molar-refractivity contribution in [1.29, 1.82) is 5.26 Å². The molecule has 1 rings (SSSR count). The molecule has 0 bridgehead atoms. The van der Waals surface area contributed by atoms with Crippen LogP contribution in [0.4, 0.5) is 0 Å². The molecule has 0 aliphatic rings. The van der Waals surface area contributed by atoms with E-state index in [1.807, 2.05) is 24.3 Å². The maximum absolute atomic E-state index is 10.8. The van der Waals surface area contributed by atoms with E-state index in [4.69, 9.17) is 10.00 Å². The number of benzene rings is 1. The van der Waals surface area contributed by atoms with E-state index in [-0.39, 0.29) is 5.78 Å². The van der Waals surface area contributed by atoms with Crippen molar-refractivity contribution in [3.05, 3.63) is 35.9 Å². The first-order valence-corrected chi connectivity index (χ1v) is 5.51. The molecule has 0 aliphatic heterocycles. The Balaban J connectivity index is 2.54. The summed E-state index contributed by atoms with van der Waals surface area (Å²) in [6.07, 6.45) is 4.51. The molecule has 0 aliphatic carbocycles. The Morgan fingerprint density at radius 2 is 2.35 bits per heavy atom. The van der Waals surface area contributed by atoms with Crippen LogP contribution in [0.5, 0.6) is 5.75 Å². The average molecular weight is 229 g/mol. The van der Waals surface area contributed by atoms with E-state index in [1.54, 1.807) is 6.08 Å². The molecule has 3 nitrogen and oxygen atoms in total. The van der Waals surface area contributed by atoms with Crippen LogP contribution in [0.25, 0.3) is 6.08 Å². The van der Waals surface area contributed by atoms with Gasteiger partial charge >= 0.3 is 0 Å². The predicted octanol–water partition coefficient (Wildman–Crippen LogP) is 2.97. The standard InChI is InChI=1S/C14H15NO2/c1-12(16)7-8-13-5-4-6-14(11-13)17-10-3-2-9-15/h4-8,11H,2-3,10H2,1H3/b8-7-. The zero-order valence-electron chi connectivity index (χ0n) is 9.85. The Bertz CT molecular complexity index is 444. The van der Waals surface area contributed by atoms with Crippen LogP contribution in [0.2, 0.25) is 0 Å². The fourth-order valence-corrected chi connectivity index (χ4v) is 1.26. The summed E-state index contributed by atoms with van der Waals surface area (Å²) in [6.45, 7) is 2.05. The van der Waals surface area contributed by atoms with Gasteiger partial charge in [-0.25, -0.2) is 0 Å². The smallest absolute Gasteiger partial charge is 0.152 e. The van der Waals surface area contributed by atoms with Gasteiger partial charge in [-0.2, -0.15) is 5.26 Å². The number of hydrogen-bond donors (Lipinski definition) is 0. The first kappa shape index (κ1) is 13.0. The van der Waals surface area contributed by atoms with Crippen molar-refractivity contribution in [3.8, 4) is 11.8 Å². The highest BCUT2D eigenvalue weighted by Crippen LogP contribution is 2.14. The van der Waals surface area contributed by atoms with Crippen molar-refractivity contribution >= 4 is 11.9 Å². The van der Waals surface area contributed by atoms with Gasteiger partial charge in [0.05, 0.1) is 12.7 Å². The fourth-order valence-electron chi connectivity index (χ4n) is 1.26. The van der Waals surface area contributed by atoms with Crippen LogP contribution >= 0.6 is 0 Å². The number of ether oxygens (including phenoxy) is 1. The van der Waals surface area contributed by atoms with Crippen molar-refractivity contribution in [2.45, 2.75) is 19.8 Å². The molecule has 1 aromatic rings. The summed E-state index contributed by atoms with van der Waals surface area (Å²) in [7, 11) is 0. The largest absolute Gasteiger partial charge is 0.494 e. The molecular formula is C14H15NO2. The predicted molar refractivity (Wildman–Crippen MR) is 66.5 cm³/mol. The van der Waals surface area contributed by atoms with E-state index in [2.05, 4.69) is 6.07 Å². The third kappa shape index (κ3) is 5.53. The summed E-state index contributed by atoms with van der Waals surface area (Å²) in [6, 6.07) is 9.57. The minimum absolute atomic E-state index is 0.0188. The Morgan fingerprint density at radius 1 is 1.53 bits per heavy atom. The van der Waals surface area contributed by atoms with Gasteiger partial charge in [-0.1, -0.05) is 18.2 Å². The van der Waals surface area contributed by atoms with Crippen LogP contribution < -0.4 is 4.74 Å². The average Bonchev–Trinajstić information content (AvgIpc) is 2.33. The van der Waals surface area contributed by atoms with E-state index >= 15 is 0 Å². The summed E-state index contributed by atoms with van der Waals surface area (Å²) < 4.78 is 5.49. The molecule has 0 amide bonds. The first-order valence-electron chi connectivity index (χ1n) is 5.51. The lowest BCUT2D eigenvalue weighted by Gasteiger charge is -2.05. The molecule has 0 spiro atoms. The second-order valence-corrected chi connectivity index (χ2v) is 3.63. The molecular weight excluding hydrogens is 214 g/mol. The zero-order valence-corrected chi connectivity index (χ0v) is 9.85. The van der Waals surface area contributed by atoms with Crippen LogP contribution in [0.15, 0.2) is 30.3 Å². The van der Waals surface area contributed by atoms with Gasteiger partial charge in [0, 0.05) is 6.42 Å². The Kier molecular flexibility index (Phi) is 5.53. The van der Waals surface area contributed by atoms with Gasteiger partial charge < -0.3 is 4.74 Å². The molecule has 3 heteroatoms. The monoisotopic (exact) mass is 229 g/mol. The highest BCUT2D eigenvalue weighted by Gasteiger charge is 1.95. The first-order chi connectivity index (χ1) is 8.22. The number of nitrogens with zero attached hydrogens (tertiary/aromatic N) is 1. The number of allylic oxidation sites excluding steroid dienone is 1. The number of carbonyl (C=O) groups excluding carboxylic acids is 1. The lowest BCUT2D eigenvalue weighted by molar-refractivity contribution is -0.112. The van der Waals surface area contributed by atoms with Crippen molar-refractivity contribution in [2.75, 3.05) is 6.61 Å². The maximum atomic E-state index is 10.8. The van der Waals surface area contributed by atoms with Gasteiger partial charge in [0.2, 0.25) is 0 Å². The highest BCUT2D eigenvalue weighted by molar-refractivity contribution is 5.91. The van der Waals surface area contributed by atoms with Gasteiger partial charge in [-0.3, -0.25) is 4.79 Å². The van der Waals surface area contributed by atoms with E-state index in [0.717, 1.165) is 17.7 Å². The second kappa shape index (κ2) is 7.24. The van der Waals surface area contributed by atoms with Gasteiger partial charge in [-0.05, 0) is 37.1 Å². The van der Waals surface area contributed by atoms with Crippen LogP contribution in [0, 0.1) is 11.3 Å². The summed E-state index contributed by atoms with van der Waals surface area (Å²) in [4.78, 5) is 10.8. The lowest BCUT2D eigenvalue weighted by Crippen LogP contribution is -1.96.